The number of nitrogens with one attached hydrogen (secondary N) is 1. The molecule has 1 heterocycles. The van der Waals surface area contributed by atoms with Crippen molar-refractivity contribution in [3.8, 4) is 0 Å². The number of aromatic nitrogens is 4. The van der Waals surface area contributed by atoms with E-state index in [-0.39, 0.29) is 0 Å². The summed E-state index contributed by atoms with van der Waals surface area (Å²) in [6, 6.07) is 0. The highest BCUT2D eigenvalue weighted by molar-refractivity contribution is 7.71. The van der Waals surface area contributed by atoms with Crippen LogP contribution in [0.3, 0.4) is 0 Å². The van der Waals surface area contributed by atoms with Gasteiger partial charge < -0.3 is 0 Å². The van der Waals surface area contributed by atoms with Crippen LogP contribution in [0.25, 0.3) is 0 Å². The van der Waals surface area contributed by atoms with Crippen LogP contribution >= 0.6 is 12.2 Å². The molecule has 0 aromatic carbocycles. The van der Waals surface area contributed by atoms with Gasteiger partial charge >= 0.3 is 0 Å². The lowest BCUT2D eigenvalue weighted by Crippen LogP contribution is -2.15. The molecule has 15 heavy (non-hydrogen) atoms. The zero-order valence-electron chi connectivity index (χ0n) is 9.15. The zero-order valence-corrected chi connectivity index (χ0v) is 9.96. The molecule has 0 unspecified atom stereocenters. The smallest absolute Gasteiger partial charge is 0.238 e. The summed E-state index contributed by atoms with van der Waals surface area (Å²) in [5.41, 5.74) is 0. The molecule has 1 aromatic rings. The number of hydrogen-bond donors (Lipinski definition) is 1. The normalized spacial score (nSPS) is 26.7. The van der Waals surface area contributed by atoms with E-state index in [9.17, 15) is 0 Å². The van der Waals surface area contributed by atoms with Gasteiger partial charge in [0, 0.05) is 6.54 Å². The predicted octanol–water partition coefficient (Wildman–Crippen LogP) is 2.55. The van der Waals surface area contributed by atoms with E-state index in [0.29, 0.717) is 4.77 Å². The Morgan fingerprint density at radius 3 is 2.73 bits per heavy atom. The van der Waals surface area contributed by atoms with E-state index < -0.39 is 0 Å². The van der Waals surface area contributed by atoms with Crippen LogP contribution in [0.2, 0.25) is 0 Å². The lowest BCUT2D eigenvalue weighted by atomic mass is 9.81. The Morgan fingerprint density at radius 2 is 2.13 bits per heavy atom. The van der Waals surface area contributed by atoms with Crippen LogP contribution in [-0.4, -0.2) is 20.2 Å². The number of nitrogens with zero attached hydrogens (tertiary/aromatic N) is 3. The summed E-state index contributed by atoms with van der Waals surface area (Å²) in [5, 5.41) is 10.3. The Kier molecular flexibility index (Phi) is 3.51. The van der Waals surface area contributed by atoms with Crippen molar-refractivity contribution < 1.29 is 0 Å². The SMILES string of the molecule is CC1CCC(CCn2[nH]nnc2=S)CC1. The number of aromatic amines is 1. The topological polar surface area (TPSA) is 46.5 Å². The maximum absolute atomic E-state index is 5.03. The van der Waals surface area contributed by atoms with Crippen LogP contribution in [0.5, 0.6) is 0 Å². The van der Waals surface area contributed by atoms with Crippen LogP contribution in [0, 0.1) is 16.6 Å². The fourth-order valence-corrected chi connectivity index (χ4v) is 2.46. The molecule has 1 saturated carbocycles. The van der Waals surface area contributed by atoms with Crippen molar-refractivity contribution in [2.45, 2.75) is 45.6 Å². The van der Waals surface area contributed by atoms with E-state index in [2.05, 4.69) is 22.4 Å². The van der Waals surface area contributed by atoms with Crippen molar-refractivity contribution in [3.63, 3.8) is 0 Å². The molecule has 0 amide bonds. The molecule has 1 aliphatic carbocycles. The molecule has 1 aromatic heterocycles. The van der Waals surface area contributed by atoms with Crippen molar-refractivity contribution in [3.05, 3.63) is 4.77 Å². The van der Waals surface area contributed by atoms with Gasteiger partial charge in [-0.05, 0) is 30.5 Å². The van der Waals surface area contributed by atoms with Gasteiger partial charge in [-0.3, -0.25) is 0 Å². The Bertz CT molecular complexity index is 348. The second-order valence-electron chi connectivity index (χ2n) is 4.65. The van der Waals surface area contributed by atoms with Crippen molar-refractivity contribution in [1.82, 2.24) is 20.2 Å². The molecule has 1 fully saturated rings. The van der Waals surface area contributed by atoms with Crippen molar-refractivity contribution >= 4 is 12.2 Å². The van der Waals surface area contributed by atoms with E-state index in [0.717, 1.165) is 18.4 Å². The first-order valence-corrected chi connectivity index (χ1v) is 6.14. The molecule has 4 nitrogen and oxygen atoms in total. The molecule has 0 bridgehead atoms. The summed E-state index contributed by atoms with van der Waals surface area (Å²) in [6.07, 6.45) is 6.71. The van der Waals surface area contributed by atoms with E-state index in [1.807, 2.05) is 4.68 Å². The van der Waals surface area contributed by atoms with Crippen molar-refractivity contribution in [1.29, 1.82) is 0 Å². The third-order valence-corrected chi connectivity index (χ3v) is 3.73. The van der Waals surface area contributed by atoms with E-state index in [1.54, 1.807) is 0 Å². The summed E-state index contributed by atoms with van der Waals surface area (Å²) in [4.78, 5) is 0. The largest absolute Gasteiger partial charge is 0.242 e. The van der Waals surface area contributed by atoms with Crippen LogP contribution in [-0.2, 0) is 6.54 Å². The summed E-state index contributed by atoms with van der Waals surface area (Å²) in [7, 11) is 0. The number of hydrogen-bond acceptors (Lipinski definition) is 3. The summed E-state index contributed by atoms with van der Waals surface area (Å²) >= 11 is 5.03. The molecule has 0 radical (unpaired) electrons. The standard InChI is InChI=1S/C10H18N4S/c1-8-2-4-9(5-3-8)6-7-14-10(15)11-12-13-14/h8-9H,2-7H2,1H3,(H,11,13,15). The molecule has 0 saturated heterocycles. The lowest BCUT2D eigenvalue weighted by molar-refractivity contribution is 0.265. The summed E-state index contributed by atoms with van der Waals surface area (Å²) in [6.45, 7) is 3.29. The third kappa shape index (κ3) is 2.87. The van der Waals surface area contributed by atoms with Crippen molar-refractivity contribution in [2.24, 2.45) is 11.8 Å². The molecular formula is C10H18N4S. The highest BCUT2D eigenvalue weighted by atomic mass is 32.1. The van der Waals surface area contributed by atoms with Crippen LogP contribution in [0.4, 0.5) is 0 Å². The van der Waals surface area contributed by atoms with Gasteiger partial charge in [-0.25, -0.2) is 4.68 Å². The van der Waals surface area contributed by atoms with Gasteiger partial charge in [-0.2, -0.15) is 5.21 Å². The first-order chi connectivity index (χ1) is 7.25. The summed E-state index contributed by atoms with van der Waals surface area (Å²) < 4.78 is 2.42. The molecule has 1 N–H and O–H groups in total. The Labute approximate surface area is 95.1 Å². The van der Waals surface area contributed by atoms with Gasteiger partial charge in [-0.15, -0.1) is 0 Å². The fourth-order valence-electron chi connectivity index (χ4n) is 2.29. The zero-order chi connectivity index (χ0) is 10.7. The molecule has 0 aliphatic heterocycles. The maximum Gasteiger partial charge on any atom is 0.238 e. The average Bonchev–Trinajstić information content (AvgIpc) is 2.63. The van der Waals surface area contributed by atoms with Gasteiger partial charge in [0.05, 0.1) is 0 Å². The highest BCUT2D eigenvalue weighted by Gasteiger charge is 2.17. The van der Waals surface area contributed by atoms with E-state index in [1.165, 1.54) is 32.1 Å². The molecule has 1 aliphatic rings. The lowest BCUT2D eigenvalue weighted by Gasteiger charge is -2.25. The van der Waals surface area contributed by atoms with E-state index >= 15 is 0 Å². The van der Waals surface area contributed by atoms with Crippen molar-refractivity contribution in [2.75, 3.05) is 0 Å². The predicted molar refractivity (Wildman–Crippen MR) is 60.9 cm³/mol. The second-order valence-corrected chi connectivity index (χ2v) is 5.01. The highest BCUT2D eigenvalue weighted by Crippen LogP contribution is 2.30. The van der Waals surface area contributed by atoms with Crippen LogP contribution in [0.1, 0.15) is 39.0 Å². The van der Waals surface area contributed by atoms with E-state index in [4.69, 9.17) is 12.2 Å². The quantitative estimate of drug-likeness (QED) is 0.806. The van der Waals surface area contributed by atoms with Gasteiger partial charge in [0.1, 0.15) is 0 Å². The molecule has 5 heteroatoms. The van der Waals surface area contributed by atoms with Gasteiger partial charge in [-0.1, -0.05) is 42.9 Å². The first-order valence-electron chi connectivity index (χ1n) is 5.73. The minimum atomic E-state index is 0.569. The maximum atomic E-state index is 5.03. The Morgan fingerprint density at radius 1 is 1.40 bits per heavy atom. The average molecular weight is 226 g/mol. The molecular weight excluding hydrogens is 208 g/mol. The number of rotatable bonds is 3. The van der Waals surface area contributed by atoms with Gasteiger partial charge in [0.25, 0.3) is 0 Å². The number of H-pyrrole nitrogens is 1. The Balaban J connectivity index is 1.79. The van der Waals surface area contributed by atoms with Crippen LogP contribution in [0.15, 0.2) is 0 Å². The van der Waals surface area contributed by atoms with Gasteiger partial charge in [0.15, 0.2) is 0 Å². The molecule has 0 atom stereocenters. The monoisotopic (exact) mass is 226 g/mol. The molecule has 0 spiro atoms. The minimum absolute atomic E-state index is 0.569. The first kappa shape index (κ1) is 10.8. The summed E-state index contributed by atoms with van der Waals surface area (Å²) in [5.74, 6) is 1.80. The Hall–Kier alpha value is -0.710. The third-order valence-electron chi connectivity index (χ3n) is 3.43. The minimum Gasteiger partial charge on any atom is -0.242 e. The molecule has 2 rings (SSSR count). The van der Waals surface area contributed by atoms with Gasteiger partial charge in [0.2, 0.25) is 4.77 Å². The number of aryl methyl sites for hydroxylation is 1. The van der Waals surface area contributed by atoms with Crippen LogP contribution < -0.4 is 0 Å². The second kappa shape index (κ2) is 4.88. The fraction of sp³-hybridized carbons (Fsp3) is 0.900. The number of tetrazole rings is 1. The molecule has 84 valence electrons.